The van der Waals surface area contributed by atoms with Gasteiger partial charge in [0.25, 0.3) is 0 Å². The van der Waals surface area contributed by atoms with E-state index in [2.05, 4.69) is 4.98 Å². The van der Waals surface area contributed by atoms with Gasteiger partial charge in [0, 0.05) is 25.2 Å². The van der Waals surface area contributed by atoms with Gasteiger partial charge in [-0.3, -0.25) is 9.78 Å². The molecule has 1 amide bonds. The molecule has 0 spiro atoms. The van der Waals surface area contributed by atoms with E-state index in [9.17, 15) is 9.18 Å². The van der Waals surface area contributed by atoms with Crippen LogP contribution in [0.25, 0.3) is 0 Å². The molecule has 2 aromatic rings. The van der Waals surface area contributed by atoms with E-state index in [1.165, 1.54) is 6.20 Å². The molecule has 1 aromatic heterocycles. The van der Waals surface area contributed by atoms with Crippen LogP contribution in [0, 0.1) is 11.7 Å². The number of carbonyl (C=O) groups is 1. The Morgan fingerprint density at radius 1 is 1.27 bits per heavy atom. The average Bonchev–Trinajstić information content (AvgIpc) is 2.93. The van der Waals surface area contributed by atoms with E-state index in [0.29, 0.717) is 13.1 Å². The van der Waals surface area contributed by atoms with Crippen molar-refractivity contribution in [2.75, 3.05) is 18.0 Å². The molecule has 22 heavy (non-hydrogen) atoms. The largest absolute Gasteiger partial charge is 0.369 e. The summed E-state index contributed by atoms with van der Waals surface area (Å²) >= 11 is 6.07. The number of rotatable bonds is 3. The molecule has 1 aromatic carbocycles. The van der Waals surface area contributed by atoms with E-state index in [-0.39, 0.29) is 28.5 Å². The van der Waals surface area contributed by atoms with Crippen molar-refractivity contribution < 1.29 is 9.18 Å². The van der Waals surface area contributed by atoms with E-state index in [0.717, 1.165) is 11.8 Å². The smallest absolute Gasteiger partial charge is 0.223 e. The van der Waals surface area contributed by atoms with Crippen molar-refractivity contribution in [2.24, 2.45) is 11.7 Å². The van der Waals surface area contributed by atoms with Gasteiger partial charge in [-0.05, 0) is 5.56 Å². The second-order valence-corrected chi connectivity index (χ2v) is 5.79. The van der Waals surface area contributed by atoms with Gasteiger partial charge in [0.15, 0.2) is 5.82 Å². The molecule has 2 N–H and O–H groups in total. The number of pyridine rings is 1. The molecule has 6 heteroatoms. The number of carbonyl (C=O) groups excluding carboxylic acids is 1. The molecule has 1 saturated heterocycles. The number of hydrogen-bond acceptors (Lipinski definition) is 3. The van der Waals surface area contributed by atoms with Gasteiger partial charge in [-0.25, -0.2) is 4.39 Å². The first-order valence-corrected chi connectivity index (χ1v) is 7.34. The highest BCUT2D eigenvalue weighted by atomic mass is 35.5. The fourth-order valence-electron chi connectivity index (χ4n) is 3.02. The van der Waals surface area contributed by atoms with Crippen LogP contribution in [0.2, 0.25) is 5.02 Å². The number of anilines is 1. The van der Waals surface area contributed by atoms with Crippen LogP contribution < -0.4 is 10.6 Å². The van der Waals surface area contributed by atoms with Crippen molar-refractivity contribution in [3.05, 3.63) is 59.1 Å². The zero-order chi connectivity index (χ0) is 15.7. The standard InChI is InChI=1S/C16H15ClFN3O/c17-13-6-20-7-14(18)15(13)21-8-11(12(9-21)16(19)22)10-4-2-1-3-5-10/h1-7,11-12H,8-9H2,(H2,19,22)/t11-,12+/m0/s1. The normalized spacial score (nSPS) is 21.1. The topological polar surface area (TPSA) is 59.2 Å². The number of nitrogens with two attached hydrogens (primary N) is 1. The fraction of sp³-hybridized carbons (Fsp3) is 0.250. The van der Waals surface area contributed by atoms with E-state index in [1.807, 2.05) is 30.3 Å². The van der Waals surface area contributed by atoms with Crippen molar-refractivity contribution in [2.45, 2.75) is 5.92 Å². The van der Waals surface area contributed by atoms with Gasteiger partial charge >= 0.3 is 0 Å². The third-order valence-electron chi connectivity index (χ3n) is 4.06. The van der Waals surface area contributed by atoms with Crippen molar-refractivity contribution in [1.29, 1.82) is 0 Å². The summed E-state index contributed by atoms with van der Waals surface area (Å²) in [6.45, 7) is 0.827. The molecule has 114 valence electrons. The number of halogens is 2. The highest BCUT2D eigenvalue weighted by Gasteiger charge is 2.38. The molecule has 2 atom stereocenters. The zero-order valence-electron chi connectivity index (χ0n) is 11.7. The molecule has 0 saturated carbocycles. The average molecular weight is 320 g/mol. The van der Waals surface area contributed by atoms with Gasteiger partial charge in [-0.1, -0.05) is 41.9 Å². The lowest BCUT2D eigenvalue weighted by atomic mass is 9.89. The maximum absolute atomic E-state index is 14.1. The van der Waals surface area contributed by atoms with Crippen molar-refractivity contribution in [3.63, 3.8) is 0 Å². The first kappa shape index (κ1) is 14.8. The molecule has 1 aliphatic heterocycles. The van der Waals surface area contributed by atoms with Gasteiger partial charge in [0.2, 0.25) is 5.91 Å². The predicted molar refractivity (Wildman–Crippen MR) is 83.3 cm³/mol. The Kier molecular flexibility index (Phi) is 3.98. The van der Waals surface area contributed by atoms with Crippen LogP contribution in [-0.4, -0.2) is 24.0 Å². The Bertz CT molecular complexity index is 675. The number of amides is 1. The van der Waals surface area contributed by atoms with E-state index in [4.69, 9.17) is 17.3 Å². The lowest BCUT2D eigenvalue weighted by molar-refractivity contribution is -0.121. The van der Waals surface area contributed by atoms with Crippen LogP contribution in [0.15, 0.2) is 42.7 Å². The van der Waals surface area contributed by atoms with E-state index in [1.54, 1.807) is 4.90 Å². The van der Waals surface area contributed by atoms with Gasteiger partial charge in [0.05, 0.1) is 22.8 Å². The number of benzene rings is 1. The minimum Gasteiger partial charge on any atom is -0.369 e. The summed E-state index contributed by atoms with van der Waals surface area (Å²) < 4.78 is 14.1. The van der Waals surface area contributed by atoms with Gasteiger partial charge in [-0.2, -0.15) is 0 Å². The first-order chi connectivity index (χ1) is 10.6. The van der Waals surface area contributed by atoms with Gasteiger partial charge in [0.1, 0.15) is 0 Å². The van der Waals surface area contributed by atoms with Crippen LogP contribution in [0.1, 0.15) is 11.5 Å². The molecule has 0 aliphatic carbocycles. The van der Waals surface area contributed by atoms with Gasteiger partial charge < -0.3 is 10.6 Å². The highest BCUT2D eigenvalue weighted by Crippen LogP contribution is 2.38. The molecule has 1 aliphatic rings. The lowest BCUT2D eigenvalue weighted by Crippen LogP contribution is -2.29. The lowest BCUT2D eigenvalue weighted by Gasteiger charge is -2.20. The maximum atomic E-state index is 14.1. The summed E-state index contributed by atoms with van der Waals surface area (Å²) in [6, 6.07) is 9.64. The number of primary amides is 1. The summed E-state index contributed by atoms with van der Waals surface area (Å²) in [4.78, 5) is 17.3. The summed E-state index contributed by atoms with van der Waals surface area (Å²) in [5.41, 5.74) is 6.83. The third-order valence-corrected chi connectivity index (χ3v) is 4.33. The second kappa shape index (κ2) is 5.93. The minimum atomic E-state index is -0.496. The molecule has 1 fully saturated rings. The Labute approximate surface area is 132 Å². The SMILES string of the molecule is NC(=O)[C@@H]1CN(c2c(F)cncc2Cl)C[C@H]1c1ccccc1. The van der Waals surface area contributed by atoms with Gasteiger partial charge in [-0.15, -0.1) is 0 Å². The molecular formula is C16H15ClFN3O. The van der Waals surface area contributed by atoms with Crippen molar-refractivity contribution >= 4 is 23.2 Å². The Morgan fingerprint density at radius 2 is 2.00 bits per heavy atom. The summed E-state index contributed by atoms with van der Waals surface area (Å²) in [7, 11) is 0. The van der Waals surface area contributed by atoms with E-state index >= 15 is 0 Å². The van der Waals surface area contributed by atoms with E-state index < -0.39 is 5.82 Å². The molecule has 0 unspecified atom stereocenters. The molecule has 4 nitrogen and oxygen atoms in total. The monoisotopic (exact) mass is 319 g/mol. The molecule has 0 radical (unpaired) electrons. The quantitative estimate of drug-likeness (QED) is 0.946. The van der Waals surface area contributed by atoms with Crippen molar-refractivity contribution in [1.82, 2.24) is 4.98 Å². The van der Waals surface area contributed by atoms with Crippen LogP contribution in [0.5, 0.6) is 0 Å². The minimum absolute atomic E-state index is 0.0812. The second-order valence-electron chi connectivity index (χ2n) is 5.38. The number of aromatic nitrogens is 1. The van der Waals surface area contributed by atoms with Crippen LogP contribution in [-0.2, 0) is 4.79 Å². The highest BCUT2D eigenvalue weighted by molar-refractivity contribution is 6.33. The summed E-state index contributed by atoms with van der Waals surface area (Å²) in [5, 5.41) is 0.233. The van der Waals surface area contributed by atoms with Crippen molar-refractivity contribution in [3.8, 4) is 0 Å². The predicted octanol–water partition coefficient (Wildman–Crippen LogP) is 2.58. The number of nitrogens with zero attached hydrogens (tertiary/aromatic N) is 2. The first-order valence-electron chi connectivity index (χ1n) is 6.96. The molecule has 0 bridgehead atoms. The van der Waals surface area contributed by atoms with Crippen LogP contribution in [0.3, 0.4) is 0 Å². The Balaban J connectivity index is 1.96. The Morgan fingerprint density at radius 3 is 2.64 bits per heavy atom. The fourth-order valence-corrected chi connectivity index (χ4v) is 3.29. The van der Waals surface area contributed by atoms with Crippen LogP contribution in [0.4, 0.5) is 10.1 Å². The molecule has 2 heterocycles. The summed E-state index contributed by atoms with van der Waals surface area (Å²) in [6.07, 6.45) is 2.52. The third kappa shape index (κ3) is 2.64. The Hall–Kier alpha value is -2.14. The van der Waals surface area contributed by atoms with Crippen LogP contribution >= 0.6 is 11.6 Å². The maximum Gasteiger partial charge on any atom is 0.223 e. The molecule has 3 rings (SSSR count). The molecular weight excluding hydrogens is 305 g/mol. The number of hydrogen-bond donors (Lipinski definition) is 1. The summed E-state index contributed by atoms with van der Waals surface area (Å²) in [5.74, 6) is -1.35. The zero-order valence-corrected chi connectivity index (χ0v) is 12.5.